The highest BCUT2D eigenvalue weighted by Gasteiger charge is 2.26. The van der Waals surface area contributed by atoms with Crippen LogP contribution in [0.2, 0.25) is 0 Å². The van der Waals surface area contributed by atoms with Gasteiger partial charge in [-0.1, -0.05) is 15.9 Å². The van der Waals surface area contributed by atoms with E-state index in [2.05, 4.69) is 15.9 Å². The first kappa shape index (κ1) is 13.4. The second kappa shape index (κ2) is 5.11. The molecule has 0 radical (unpaired) electrons. The predicted octanol–water partition coefficient (Wildman–Crippen LogP) is 1.48. The maximum Gasteiger partial charge on any atom is 0.337 e. The number of hydrogen-bond donors (Lipinski definition) is 2. The van der Waals surface area contributed by atoms with Crippen LogP contribution in [0.1, 0.15) is 11.7 Å². The minimum absolute atomic E-state index is 0.0643. The SMILES string of the molecule is COc1cc([N+](=O)[O-])cc(Br)c1C(O)C(=O)O. The van der Waals surface area contributed by atoms with Crippen molar-refractivity contribution in [3.8, 4) is 5.75 Å². The Bertz CT molecular complexity index is 475. The van der Waals surface area contributed by atoms with Gasteiger partial charge in [-0.3, -0.25) is 10.1 Å². The molecule has 7 nitrogen and oxygen atoms in total. The fraction of sp³-hybridized carbons (Fsp3) is 0.222. The van der Waals surface area contributed by atoms with Gasteiger partial charge in [-0.25, -0.2) is 4.79 Å². The molecule has 0 heterocycles. The van der Waals surface area contributed by atoms with E-state index in [1.165, 1.54) is 7.11 Å². The van der Waals surface area contributed by atoms with Crippen molar-refractivity contribution in [2.75, 3.05) is 7.11 Å². The van der Waals surface area contributed by atoms with Gasteiger partial charge in [-0.05, 0) is 0 Å². The first-order valence-electron chi connectivity index (χ1n) is 4.31. The van der Waals surface area contributed by atoms with Gasteiger partial charge in [0.05, 0.1) is 18.1 Å². The number of non-ortho nitro benzene ring substituents is 1. The Morgan fingerprint density at radius 3 is 2.59 bits per heavy atom. The van der Waals surface area contributed by atoms with Crippen molar-refractivity contribution in [1.82, 2.24) is 0 Å². The van der Waals surface area contributed by atoms with E-state index in [1.54, 1.807) is 0 Å². The number of nitro groups is 1. The minimum atomic E-state index is -1.82. The molecule has 1 unspecified atom stereocenters. The normalized spacial score (nSPS) is 11.9. The van der Waals surface area contributed by atoms with Crippen molar-refractivity contribution in [2.45, 2.75) is 6.10 Å². The Morgan fingerprint density at radius 1 is 1.59 bits per heavy atom. The van der Waals surface area contributed by atoms with Gasteiger partial charge in [0.25, 0.3) is 5.69 Å². The molecular weight excluding hydrogens is 298 g/mol. The topological polar surface area (TPSA) is 110 Å². The number of nitro benzene ring substituents is 1. The summed E-state index contributed by atoms with van der Waals surface area (Å²) >= 11 is 2.97. The molecule has 0 spiro atoms. The maximum absolute atomic E-state index is 10.7. The number of benzene rings is 1. The summed E-state index contributed by atoms with van der Waals surface area (Å²) in [5.74, 6) is -1.54. The number of nitrogens with zero attached hydrogens (tertiary/aromatic N) is 1. The third-order valence-electron chi connectivity index (χ3n) is 2.01. The fourth-order valence-electron chi connectivity index (χ4n) is 1.24. The van der Waals surface area contributed by atoms with Gasteiger partial charge in [-0.2, -0.15) is 0 Å². The van der Waals surface area contributed by atoms with E-state index in [4.69, 9.17) is 9.84 Å². The molecule has 1 rings (SSSR count). The van der Waals surface area contributed by atoms with E-state index in [-0.39, 0.29) is 21.5 Å². The molecule has 1 atom stereocenters. The Hall–Kier alpha value is -1.67. The second-order valence-electron chi connectivity index (χ2n) is 3.04. The van der Waals surface area contributed by atoms with Crippen LogP contribution in [0.25, 0.3) is 0 Å². The Labute approximate surface area is 104 Å². The molecule has 92 valence electrons. The number of ether oxygens (including phenoxy) is 1. The average molecular weight is 306 g/mol. The Morgan fingerprint density at radius 2 is 2.18 bits per heavy atom. The number of carbonyl (C=O) groups is 1. The third kappa shape index (κ3) is 2.71. The number of rotatable bonds is 4. The summed E-state index contributed by atoms with van der Waals surface area (Å²) in [5, 5.41) is 28.7. The zero-order chi connectivity index (χ0) is 13.2. The van der Waals surface area contributed by atoms with Crippen LogP contribution in [0.15, 0.2) is 16.6 Å². The van der Waals surface area contributed by atoms with Gasteiger partial charge in [0.15, 0.2) is 6.10 Å². The lowest BCUT2D eigenvalue weighted by molar-refractivity contribution is -0.385. The Kier molecular flexibility index (Phi) is 4.02. The van der Waals surface area contributed by atoms with Gasteiger partial charge in [0, 0.05) is 16.1 Å². The highest BCUT2D eigenvalue weighted by Crippen LogP contribution is 2.36. The molecule has 0 aliphatic carbocycles. The molecule has 8 heteroatoms. The molecule has 1 aromatic rings. The first-order chi connectivity index (χ1) is 7.88. The number of hydrogen-bond acceptors (Lipinski definition) is 5. The van der Waals surface area contributed by atoms with Crippen LogP contribution in [0, 0.1) is 10.1 Å². The van der Waals surface area contributed by atoms with Gasteiger partial charge < -0.3 is 14.9 Å². The van der Waals surface area contributed by atoms with Crippen LogP contribution in [0.5, 0.6) is 5.75 Å². The van der Waals surface area contributed by atoms with Gasteiger partial charge in [-0.15, -0.1) is 0 Å². The van der Waals surface area contributed by atoms with Gasteiger partial charge in [0.2, 0.25) is 0 Å². The summed E-state index contributed by atoms with van der Waals surface area (Å²) in [4.78, 5) is 20.6. The Balaban J connectivity index is 3.40. The number of carboxylic acids is 1. The van der Waals surface area contributed by atoms with Crippen LogP contribution in [0.4, 0.5) is 5.69 Å². The molecule has 0 aliphatic heterocycles. The number of carboxylic acid groups (broad SMARTS) is 1. The van der Waals surface area contributed by atoms with Crippen LogP contribution < -0.4 is 4.74 Å². The number of aliphatic hydroxyl groups excluding tert-OH is 1. The maximum atomic E-state index is 10.7. The van der Waals surface area contributed by atoms with Gasteiger partial charge in [0.1, 0.15) is 5.75 Å². The van der Waals surface area contributed by atoms with Crippen LogP contribution >= 0.6 is 15.9 Å². The highest BCUT2D eigenvalue weighted by molar-refractivity contribution is 9.10. The number of aliphatic hydroxyl groups is 1. The molecule has 0 fully saturated rings. The second-order valence-corrected chi connectivity index (χ2v) is 3.90. The number of methoxy groups -OCH3 is 1. The molecule has 1 aromatic carbocycles. The molecule has 0 aliphatic rings. The van der Waals surface area contributed by atoms with Crippen LogP contribution in [-0.2, 0) is 4.79 Å². The molecule has 0 amide bonds. The largest absolute Gasteiger partial charge is 0.496 e. The molecule has 0 saturated heterocycles. The van der Waals surface area contributed by atoms with E-state index < -0.39 is 17.0 Å². The summed E-state index contributed by atoms with van der Waals surface area (Å²) in [6.45, 7) is 0. The van der Waals surface area contributed by atoms with Crippen molar-refractivity contribution >= 4 is 27.6 Å². The molecule has 0 aromatic heterocycles. The zero-order valence-corrected chi connectivity index (χ0v) is 10.2. The first-order valence-corrected chi connectivity index (χ1v) is 5.10. The van der Waals surface area contributed by atoms with E-state index in [1.807, 2.05) is 0 Å². The molecule has 0 saturated carbocycles. The van der Waals surface area contributed by atoms with Crippen LogP contribution in [0.3, 0.4) is 0 Å². The van der Waals surface area contributed by atoms with E-state index in [9.17, 15) is 20.0 Å². The zero-order valence-electron chi connectivity index (χ0n) is 8.58. The lowest BCUT2D eigenvalue weighted by Crippen LogP contribution is -2.12. The van der Waals surface area contributed by atoms with E-state index in [0.29, 0.717) is 0 Å². The van der Waals surface area contributed by atoms with Crippen molar-refractivity contribution in [2.24, 2.45) is 0 Å². The van der Waals surface area contributed by atoms with Crippen molar-refractivity contribution in [3.05, 3.63) is 32.3 Å². The molecule has 17 heavy (non-hydrogen) atoms. The average Bonchev–Trinajstić information content (AvgIpc) is 2.26. The van der Waals surface area contributed by atoms with Crippen molar-refractivity contribution < 1.29 is 24.7 Å². The lowest BCUT2D eigenvalue weighted by atomic mass is 10.1. The molecule has 0 bridgehead atoms. The minimum Gasteiger partial charge on any atom is -0.496 e. The summed E-state index contributed by atoms with van der Waals surface area (Å²) < 4.78 is 4.93. The molecular formula is C9H8BrNO6. The predicted molar refractivity (Wildman–Crippen MR) is 59.9 cm³/mol. The number of halogens is 1. The summed E-state index contributed by atoms with van der Waals surface area (Å²) in [6, 6.07) is 2.15. The quantitative estimate of drug-likeness (QED) is 0.644. The lowest BCUT2D eigenvalue weighted by Gasteiger charge is -2.13. The highest BCUT2D eigenvalue weighted by atomic mass is 79.9. The monoisotopic (exact) mass is 305 g/mol. The molecule has 2 N–H and O–H groups in total. The summed E-state index contributed by atoms with van der Waals surface area (Å²) in [6.07, 6.45) is -1.82. The van der Waals surface area contributed by atoms with Gasteiger partial charge >= 0.3 is 5.97 Å². The summed E-state index contributed by atoms with van der Waals surface area (Å²) in [7, 11) is 1.23. The standard InChI is InChI=1S/C9H8BrNO6/c1-17-6-3-4(11(15)16)2-5(10)7(6)8(12)9(13)14/h2-3,8,12H,1H3,(H,13,14). The van der Waals surface area contributed by atoms with Crippen molar-refractivity contribution in [3.63, 3.8) is 0 Å². The smallest absolute Gasteiger partial charge is 0.337 e. The fourth-order valence-corrected chi connectivity index (χ4v) is 1.89. The van der Waals surface area contributed by atoms with E-state index >= 15 is 0 Å². The third-order valence-corrected chi connectivity index (χ3v) is 2.67. The van der Waals surface area contributed by atoms with Crippen LogP contribution in [-0.4, -0.2) is 28.2 Å². The summed E-state index contributed by atoms with van der Waals surface area (Å²) in [5.41, 5.74) is -0.333. The number of aliphatic carboxylic acids is 1. The van der Waals surface area contributed by atoms with Crippen molar-refractivity contribution in [1.29, 1.82) is 0 Å². The van der Waals surface area contributed by atoms with E-state index in [0.717, 1.165) is 12.1 Å².